The van der Waals surface area contributed by atoms with Gasteiger partial charge in [-0.2, -0.15) is 0 Å². The summed E-state index contributed by atoms with van der Waals surface area (Å²) >= 11 is 0. The van der Waals surface area contributed by atoms with Crippen LogP contribution in [0.5, 0.6) is 0 Å². The predicted octanol–water partition coefficient (Wildman–Crippen LogP) is 14.7. The lowest BCUT2D eigenvalue weighted by Gasteiger charge is -2.21. The lowest BCUT2D eigenvalue weighted by molar-refractivity contribution is 0.590. The molecule has 0 aliphatic rings. The van der Waals surface area contributed by atoms with Gasteiger partial charge in [0, 0.05) is 21.9 Å². The summed E-state index contributed by atoms with van der Waals surface area (Å²) in [6, 6.07) is 51.1. The standard InChI is InChI=1S/C50H38O2/c1-29-10-13-31(14-11-29)40-27-43(47-26-34-24-30(2)12-23-45(34)52-47)39-22-20-37-41(32-15-17-35(18-16-32)50(3,4)5)28-42(38-21-19-36(40)48(39)49(37)38)46-25-33-8-6-7-9-44(33)51-46/h6-28H,1-5H3. The van der Waals surface area contributed by atoms with Crippen LogP contribution in [0.15, 0.2) is 148 Å². The Labute approximate surface area is 303 Å². The van der Waals surface area contributed by atoms with Crippen molar-refractivity contribution in [3.8, 4) is 44.9 Å². The summed E-state index contributed by atoms with van der Waals surface area (Å²) in [6.07, 6.45) is 0. The first-order valence-electron chi connectivity index (χ1n) is 18.2. The summed E-state index contributed by atoms with van der Waals surface area (Å²) in [4.78, 5) is 0. The summed E-state index contributed by atoms with van der Waals surface area (Å²) in [5.74, 6) is 1.75. The zero-order chi connectivity index (χ0) is 35.3. The SMILES string of the molecule is Cc1ccc(-c2cc(-c3cc4cc(C)ccc4o3)c3ccc4c(-c5ccc(C(C)(C)C)cc5)cc(-c5cc6ccccc6o5)c5ccc2c3c45)cc1. The van der Waals surface area contributed by atoms with Crippen molar-refractivity contribution < 1.29 is 8.83 Å². The lowest BCUT2D eigenvalue weighted by Crippen LogP contribution is -2.10. The first-order valence-corrected chi connectivity index (χ1v) is 18.2. The molecule has 10 rings (SSSR count). The van der Waals surface area contributed by atoms with E-state index in [0.717, 1.165) is 44.6 Å². The maximum atomic E-state index is 6.65. The molecular formula is C50H38O2. The molecule has 0 fully saturated rings. The average Bonchev–Trinajstić information content (AvgIpc) is 3.78. The van der Waals surface area contributed by atoms with Crippen LogP contribution < -0.4 is 0 Å². The van der Waals surface area contributed by atoms with Crippen molar-refractivity contribution >= 4 is 54.3 Å². The number of fused-ring (bicyclic) bond motifs is 2. The Kier molecular flexibility index (Phi) is 6.60. The molecule has 0 bridgehead atoms. The van der Waals surface area contributed by atoms with Gasteiger partial charge in [-0.25, -0.2) is 0 Å². The normalized spacial score (nSPS) is 12.3. The molecule has 2 heteroatoms. The average molecular weight is 671 g/mol. The van der Waals surface area contributed by atoms with Gasteiger partial charge in [-0.05, 0) is 122 Å². The quantitative estimate of drug-likeness (QED) is 0.174. The van der Waals surface area contributed by atoms with Gasteiger partial charge in [0.25, 0.3) is 0 Å². The summed E-state index contributed by atoms with van der Waals surface area (Å²) in [6.45, 7) is 11.1. The van der Waals surface area contributed by atoms with E-state index in [0.29, 0.717) is 0 Å². The van der Waals surface area contributed by atoms with E-state index in [4.69, 9.17) is 8.83 Å². The molecule has 0 aliphatic carbocycles. The van der Waals surface area contributed by atoms with Crippen LogP contribution in [-0.4, -0.2) is 0 Å². The van der Waals surface area contributed by atoms with Gasteiger partial charge >= 0.3 is 0 Å². The highest BCUT2D eigenvalue weighted by Crippen LogP contribution is 2.49. The van der Waals surface area contributed by atoms with Gasteiger partial charge in [0.05, 0.1) is 0 Å². The maximum Gasteiger partial charge on any atom is 0.136 e. The summed E-state index contributed by atoms with van der Waals surface area (Å²) < 4.78 is 13.3. The monoisotopic (exact) mass is 670 g/mol. The molecular weight excluding hydrogens is 633 g/mol. The Morgan fingerprint density at radius 2 is 0.885 bits per heavy atom. The third-order valence-corrected chi connectivity index (χ3v) is 11.0. The highest BCUT2D eigenvalue weighted by atomic mass is 16.3. The summed E-state index contributed by atoms with van der Waals surface area (Å²) in [7, 11) is 0. The molecule has 10 aromatic rings. The Bertz CT molecular complexity index is 2950. The Morgan fingerprint density at radius 1 is 0.404 bits per heavy atom. The van der Waals surface area contributed by atoms with E-state index in [-0.39, 0.29) is 5.41 Å². The Hall–Kier alpha value is -6.12. The molecule has 2 heterocycles. The second-order valence-electron chi connectivity index (χ2n) is 15.5. The second-order valence-corrected chi connectivity index (χ2v) is 15.5. The predicted molar refractivity (Wildman–Crippen MR) is 220 cm³/mol. The first kappa shape index (κ1) is 30.7. The maximum absolute atomic E-state index is 6.65. The second kappa shape index (κ2) is 11.2. The van der Waals surface area contributed by atoms with Gasteiger partial charge in [-0.3, -0.25) is 0 Å². The molecule has 0 spiro atoms. The summed E-state index contributed by atoms with van der Waals surface area (Å²) in [5.41, 5.74) is 12.6. The largest absolute Gasteiger partial charge is 0.456 e. The van der Waals surface area contributed by atoms with Crippen LogP contribution in [0.3, 0.4) is 0 Å². The number of furan rings is 2. The molecule has 0 saturated carbocycles. The van der Waals surface area contributed by atoms with Crippen molar-refractivity contribution in [2.45, 2.75) is 40.0 Å². The van der Waals surface area contributed by atoms with Gasteiger partial charge in [-0.1, -0.05) is 129 Å². The van der Waals surface area contributed by atoms with Crippen LogP contribution in [0.1, 0.15) is 37.5 Å². The van der Waals surface area contributed by atoms with Crippen molar-refractivity contribution in [1.29, 1.82) is 0 Å². The van der Waals surface area contributed by atoms with E-state index >= 15 is 0 Å². The molecule has 0 aliphatic heterocycles. The van der Waals surface area contributed by atoms with Gasteiger partial charge in [-0.15, -0.1) is 0 Å². The van der Waals surface area contributed by atoms with E-state index in [1.807, 2.05) is 6.07 Å². The number of hydrogen-bond donors (Lipinski definition) is 0. The Morgan fingerprint density at radius 3 is 1.44 bits per heavy atom. The van der Waals surface area contributed by atoms with Crippen LogP contribution in [0, 0.1) is 13.8 Å². The van der Waals surface area contributed by atoms with Gasteiger partial charge in [0.1, 0.15) is 22.7 Å². The molecule has 0 atom stereocenters. The van der Waals surface area contributed by atoms with E-state index in [2.05, 4.69) is 168 Å². The van der Waals surface area contributed by atoms with Crippen molar-refractivity contribution in [3.05, 3.63) is 156 Å². The molecule has 250 valence electrons. The molecule has 2 nitrogen and oxygen atoms in total. The molecule has 52 heavy (non-hydrogen) atoms. The number of para-hydroxylation sites is 1. The van der Waals surface area contributed by atoms with E-state index < -0.39 is 0 Å². The first-order chi connectivity index (χ1) is 25.2. The van der Waals surface area contributed by atoms with Crippen molar-refractivity contribution in [3.63, 3.8) is 0 Å². The molecule has 0 saturated heterocycles. The third kappa shape index (κ3) is 4.78. The highest BCUT2D eigenvalue weighted by Gasteiger charge is 2.23. The van der Waals surface area contributed by atoms with Crippen LogP contribution in [-0.2, 0) is 5.41 Å². The van der Waals surface area contributed by atoms with Crippen LogP contribution >= 0.6 is 0 Å². The lowest BCUT2D eigenvalue weighted by atomic mass is 9.82. The van der Waals surface area contributed by atoms with Crippen LogP contribution in [0.2, 0.25) is 0 Å². The van der Waals surface area contributed by atoms with Crippen molar-refractivity contribution in [1.82, 2.24) is 0 Å². The minimum atomic E-state index is 0.0682. The fourth-order valence-electron chi connectivity index (χ4n) is 8.17. The zero-order valence-electron chi connectivity index (χ0n) is 30.1. The van der Waals surface area contributed by atoms with E-state index in [9.17, 15) is 0 Å². The van der Waals surface area contributed by atoms with Gasteiger partial charge in [0.15, 0.2) is 0 Å². The molecule has 8 aromatic carbocycles. The van der Waals surface area contributed by atoms with Crippen LogP contribution in [0.25, 0.3) is 99.2 Å². The zero-order valence-corrected chi connectivity index (χ0v) is 30.1. The van der Waals surface area contributed by atoms with Gasteiger partial charge < -0.3 is 8.83 Å². The minimum absolute atomic E-state index is 0.0682. The molecule has 0 amide bonds. The fraction of sp³-hybridized carbons (Fsp3) is 0.120. The molecule has 2 aromatic heterocycles. The fourth-order valence-corrected chi connectivity index (χ4v) is 8.17. The number of aryl methyl sites for hydroxylation is 2. The van der Waals surface area contributed by atoms with E-state index in [1.54, 1.807) is 0 Å². The van der Waals surface area contributed by atoms with Crippen LogP contribution in [0.4, 0.5) is 0 Å². The smallest absolute Gasteiger partial charge is 0.136 e. The highest BCUT2D eigenvalue weighted by molar-refractivity contribution is 6.31. The minimum Gasteiger partial charge on any atom is -0.456 e. The van der Waals surface area contributed by atoms with Gasteiger partial charge in [0.2, 0.25) is 0 Å². The molecule has 0 radical (unpaired) electrons. The number of hydrogen-bond acceptors (Lipinski definition) is 2. The van der Waals surface area contributed by atoms with E-state index in [1.165, 1.54) is 71.3 Å². The van der Waals surface area contributed by atoms with Crippen molar-refractivity contribution in [2.75, 3.05) is 0 Å². The molecule has 0 unspecified atom stereocenters. The third-order valence-electron chi connectivity index (χ3n) is 11.0. The number of benzene rings is 8. The van der Waals surface area contributed by atoms with Crippen molar-refractivity contribution in [2.24, 2.45) is 0 Å². The Balaban J connectivity index is 1.35. The topological polar surface area (TPSA) is 26.3 Å². The number of rotatable bonds is 4. The molecule has 0 N–H and O–H groups in total. The summed E-state index contributed by atoms with van der Waals surface area (Å²) in [5, 5.41) is 9.50.